The van der Waals surface area contributed by atoms with Crippen molar-refractivity contribution in [2.24, 2.45) is 0 Å². The second-order valence-corrected chi connectivity index (χ2v) is 4.16. The number of aromatic nitrogens is 4. The molecule has 0 unspecified atom stereocenters. The fraction of sp³-hybridized carbons (Fsp3) is 0.167. The van der Waals surface area contributed by atoms with E-state index in [0.29, 0.717) is 10.8 Å². The quantitative estimate of drug-likeness (QED) is 0.530. The Morgan fingerprint density at radius 3 is 3.16 bits per heavy atom. The molecule has 0 spiro atoms. The number of fused-ring (bicyclic) bond motifs is 3. The van der Waals surface area contributed by atoms with Crippen LogP contribution in [0.3, 0.4) is 0 Å². The maximum atomic E-state index is 11.8. The van der Waals surface area contributed by atoms with Gasteiger partial charge >= 0.3 is 5.97 Å². The molecule has 3 aromatic rings. The van der Waals surface area contributed by atoms with Crippen molar-refractivity contribution in [3.05, 3.63) is 35.6 Å². The number of nitrogens with zero attached hydrogens (tertiary/aromatic N) is 4. The molecule has 0 N–H and O–H groups in total. The molecule has 6 nitrogen and oxygen atoms in total. The van der Waals surface area contributed by atoms with Gasteiger partial charge in [-0.3, -0.25) is 9.38 Å². The average Bonchev–Trinajstić information content (AvgIpc) is 2.83. The molecule has 0 radical (unpaired) electrons. The first kappa shape index (κ1) is 11.9. The van der Waals surface area contributed by atoms with Gasteiger partial charge in [-0.1, -0.05) is 11.6 Å². The van der Waals surface area contributed by atoms with Gasteiger partial charge in [-0.2, -0.15) is 0 Å². The number of hydrogen-bond acceptors (Lipinski definition) is 5. The van der Waals surface area contributed by atoms with E-state index in [9.17, 15) is 4.79 Å². The number of halogens is 1. The summed E-state index contributed by atoms with van der Waals surface area (Å²) in [7, 11) is 0. The zero-order chi connectivity index (χ0) is 13.4. The number of carbonyl (C=O) groups is 1. The Kier molecular flexibility index (Phi) is 2.79. The Morgan fingerprint density at radius 1 is 1.53 bits per heavy atom. The Balaban J connectivity index is 2.33. The third kappa shape index (κ3) is 1.80. The lowest BCUT2D eigenvalue weighted by atomic mass is 10.3. The Bertz CT molecular complexity index is 784. The largest absolute Gasteiger partial charge is 0.461 e. The molecule has 0 saturated carbocycles. The molecule has 0 bridgehead atoms. The second kappa shape index (κ2) is 4.47. The minimum atomic E-state index is -0.517. The van der Waals surface area contributed by atoms with Gasteiger partial charge in [0.25, 0.3) is 0 Å². The third-order valence-corrected chi connectivity index (χ3v) is 2.99. The van der Waals surface area contributed by atoms with Crippen LogP contribution in [0.1, 0.15) is 17.4 Å². The van der Waals surface area contributed by atoms with E-state index >= 15 is 0 Å². The van der Waals surface area contributed by atoms with Crippen LogP contribution < -0.4 is 0 Å². The van der Waals surface area contributed by atoms with Gasteiger partial charge in [0.05, 0.1) is 18.3 Å². The van der Waals surface area contributed by atoms with Crippen LogP contribution in [0.2, 0.25) is 5.15 Å². The molecule has 3 rings (SSSR count). The molecule has 0 amide bonds. The fourth-order valence-electron chi connectivity index (χ4n) is 1.87. The van der Waals surface area contributed by atoms with Crippen molar-refractivity contribution in [2.45, 2.75) is 6.92 Å². The van der Waals surface area contributed by atoms with E-state index in [-0.39, 0.29) is 12.3 Å². The lowest BCUT2D eigenvalue weighted by molar-refractivity contribution is 0.0522. The van der Waals surface area contributed by atoms with Gasteiger partial charge in [0, 0.05) is 11.6 Å². The van der Waals surface area contributed by atoms with Crippen LogP contribution in [-0.2, 0) is 4.74 Å². The molecule has 3 heterocycles. The first-order valence-corrected chi connectivity index (χ1v) is 6.03. The molecular formula is C12H9ClN4O2. The highest BCUT2D eigenvalue weighted by atomic mass is 35.5. The van der Waals surface area contributed by atoms with E-state index in [4.69, 9.17) is 16.3 Å². The standard InChI is InChI=1S/C12H9ClN4O2/c1-2-19-12(18)9-11-16-10(13)7-3-4-14-5-8(7)17(11)6-15-9/h3-6H,2H2,1H3. The Hall–Kier alpha value is -2.21. The number of ether oxygens (including phenoxy) is 1. The topological polar surface area (TPSA) is 69.4 Å². The molecule has 0 fully saturated rings. The minimum Gasteiger partial charge on any atom is -0.461 e. The van der Waals surface area contributed by atoms with Gasteiger partial charge in [-0.05, 0) is 13.0 Å². The molecule has 3 aromatic heterocycles. The molecular weight excluding hydrogens is 268 g/mol. The van der Waals surface area contributed by atoms with Crippen LogP contribution in [0.5, 0.6) is 0 Å². The number of imidazole rings is 1. The third-order valence-electron chi connectivity index (χ3n) is 2.70. The van der Waals surface area contributed by atoms with E-state index < -0.39 is 5.97 Å². The van der Waals surface area contributed by atoms with Crippen molar-refractivity contribution in [1.29, 1.82) is 0 Å². The smallest absolute Gasteiger partial charge is 0.360 e. The van der Waals surface area contributed by atoms with Crippen molar-refractivity contribution in [3.8, 4) is 0 Å². The summed E-state index contributed by atoms with van der Waals surface area (Å²) in [6, 6.07) is 1.76. The zero-order valence-corrected chi connectivity index (χ0v) is 10.8. The number of carbonyl (C=O) groups excluding carboxylic acids is 1. The molecule has 0 atom stereocenters. The summed E-state index contributed by atoms with van der Waals surface area (Å²) in [5, 5.41) is 1.05. The van der Waals surface area contributed by atoms with Gasteiger partial charge in [-0.15, -0.1) is 0 Å². The van der Waals surface area contributed by atoms with Crippen molar-refractivity contribution in [3.63, 3.8) is 0 Å². The molecule has 19 heavy (non-hydrogen) atoms. The lowest BCUT2D eigenvalue weighted by Gasteiger charge is -2.03. The molecule has 7 heteroatoms. The van der Waals surface area contributed by atoms with Gasteiger partial charge < -0.3 is 4.74 Å². The molecule has 96 valence electrons. The first-order valence-electron chi connectivity index (χ1n) is 5.65. The number of pyridine rings is 1. The van der Waals surface area contributed by atoms with Crippen molar-refractivity contribution in [2.75, 3.05) is 6.61 Å². The van der Waals surface area contributed by atoms with Gasteiger partial charge in [0.2, 0.25) is 0 Å². The predicted molar refractivity (Wildman–Crippen MR) is 69.3 cm³/mol. The summed E-state index contributed by atoms with van der Waals surface area (Å²) in [6.07, 6.45) is 4.78. The number of hydrogen-bond donors (Lipinski definition) is 0. The van der Waals surface area contributed by atoms with Crippen molar-refractivity contribution < 1.29 is 9.53 Å². The Labute approximate surface area is 113 Å². The number of rotatable bonds is 2. The summed E-state index contributed by atoms with van der Waals surface area (Å²) >= 11 is 6.11. The van der Waals surface area contributed by atoms with E-state index in [2.05, 4.69) is 15.0 Å². The maximum Gasteiger partial charge on any atom is 0.360 e. The maximum absolute atomic E-state index is 11.8. The highest BCUT2D eigenvalue weighted by molar-refractivity contribution is 6.34. The van der Waals surface area contributed by atoms with Gasteiger partial charge in [-0.25, -0.2) is 14.8 Å². The molecule has 0 saturated heterocycles. The minimum absolute atomic E-state index is 0.148. The summed E-state index contributed by atoms with van der Waals surface area (Å²) in [6.45, 7) is 2.01. The van der Waals surface area contributed by atoms with E-state index in [1.807, 2.05) is 0 Å². The summed E-state index contributed by atoms with van der Waals surface area (Å²) in [4.78, 5) is 24.1. The van der Waals surface area contributed by atoms with Crippen LogP contribution >= 0.6 is 11.6 Å². The van der Waals surface area contributed by atoms with Crippen LogP contribution in [-0.4, -0.2) is 31.9 Å². The lowest BCUT2D eigenvalue weighted by Crippen LogP contribution is -2.06. The van der Waals surface area contributed by atoms with Crippen molar-refractivity contribution in [1.82, 2.24) is 19.4 Å². The first-order chi connectivity index (χ1) is 9.22. The van der Waals surface area contributed by atoms with Crippen LogP contribution in [0, 0.1) is 0 Å². The molecule has 0 aromatic carbocycles. The van der Waals surface area contributed by atoms with E-state index in [1.54, 1.807) is 29.8 Å². The molecule has 0 aliphatic carbocycles. The predicted octanol–water partition coefficient (Wildman–Crippen LogP) is 2.11. The zero-order valence-electron chi connectivity index (χ0n) is 10.00. The van der Waals surface area contributed by atoms with Crippen molar-refractivity contribution >= 4 is 34.1 Å². The van der Waals surface area contributed by atoms with Crippen LogP contribution in [0.4, 0.5) is 0 Å². The van der Waals surface area contributed by atoms with Gasteiger partial charge in [0.15, 0.2) is 11.3 Å². The summed E-state index contributed by atoms with van der Waals surface area (Å²) < 4.78 is 6.60. The number of esters is 1. The summed E-state index contributed by atoms with van der Waals surface area (Å²) in [5.74, 6) is -0.517. The fourth-order valence-corrected chi connectivity index (χ4v) is 2.11. The SMILES string of the molecule is CCOC(=O)c1ncn2c1nc(Cl)c1ccncc12. The average molecular weight is 277 g/mol. The highest BCUT2D eigenvalue weighted by Gasteiger charge is 2.18. The monoisotopic (exact) mass is 276 g/mol. The van der Waals surface area contributed by atoms with E-state index in [0.717, 1.165) is 10.9 Å². The van der Waals surface area contributed by atoms with Crippen LogP contribution in [0.15, 0.2) is 24.8 Å². The highest BCUT2D eigenvalue weighted by Crippen LogP contribution is 2.23. The normalized spacial score (nSPS) is 11.1. The second-order valence-electron chi connectivity index (χ2n) is 3.80. The summed E-state index contributed by atoms with van der Waals surface area (Å²) in [5.41, 5.74) is 1.25. The molecule has 0 aliphatic heterocycles. The molecule has 0 aliphatic rings. The van der Waals surface area contributed by atoms with Crippen LogP contribution in [0.25, 0.3) is 16.6 Å². The van der Waals surface area contributed by atoms with E-state index in [1.165, 1.54) is 6.33 Å². The Morgan fingerprint density at radius 2 is 2.37 bits per heavy atom. The van der Waals surface area contributed by atoms with Gasteiger partial charge in [0.1, 0.15) is 11.5 Å².